The minimum atomic E-state index is -0.921. The van der Waals surface area contributed by atoms with Crippen molar-refractivity contribution in [2.45, 2.75) is 26.4 Å². The summed E-state index contributed by atoms with van der Waals surface area (Å²) < 4.78 is 13.6. The standard InChI is InChI=1S/C27H27FN6O/c1-16-21-10-18(6-9-24(21)33-15-32-16)22-11-23(19(12-29)13-31-14-27(2,3)35)26(30)34-25(22)17-4-7-20(28)8-5-17/h4-13,15,29,31,35H,14H2,1-3H3,(H2,30,34)/b19-13+,29-12?. The Morgan fingerprint density at radius 1 is 1.11 bits per heavy atom. The number of aromatic nitrogens is 3. The molecular weight excluding hydrogens is 443 g/mol. The number of pyridine rings is 1. The van der Waals surface area contributed by atoms with Crippen molar-refractivity contribution >= 4 is 28.5 Å². The summed E-state index contributed by atoms with van der Waals surface area (Å²) in [7, 11) is 0. The lowest BCUT2D eigenvalue weighted by Crippen LogP contribution is -2.32. The molecule has 0 fully saturated rings. The smallest absolute Gasteiger partial charge is 0.132 e. The monoisotopic (exact) mass is 470 g/mol. The fourth-order valence-corrected chi connectivity index (χ4v) is 3.77. The number of nitrogens with two attached hydrogens (primary N) is 1. The van der Waals surface area contributed by atoms with Crippen molar-refractivity contribution in [1.29, 1.82) is 5.41 Å². The lowest BCUT2D eigenvalue weighted by Gasteiger charge is -2.18. The highest BCUT2D eigenvalue weighted by atomic mass is 19.1. The van der Waals surface area contributed by atoms with Crippen LogP contribution in [0.15, 0.2) is 61.1 Å². The quantitative estimate of drug-likeness (QED) is 0.290. The number of fused-ring (bicyclic) bond motifs is 1. The third kappa shape index (κ3) is 5.33. The van der Waals surface area contributed by atoms with E-state index >= 15 is 0 Å². The van der Waals surface area contributed by atoms with E-state index < -0.39 is 5.60 Å². The Bertz CT molecular complexity index is 1420. The van der Waals surface area contributed by atoms with E-state index in [1.807, 2.05) is 31.2 Å². The zero-order valence-electron chi connectivity index (χ0n) is 19.8. The number of rotatable bonds is 7. The zero-order valence-corrected chi connectivity index (χ0v) is 19.8. The number of hydrogen-bond acceptors (Lipinski definition) is 7. The predicted molar refractivity (Wildman–Crippen MR) is 138 cm³/mol. The van der Waals surface area contributed by atoms with E-state index in [1.54, 1.807) is 32.2 Å². The molecular formula is C27H27FN6O. The molecule has 0 amide bonds. The van der Waals surface area contributed by atoms with Gasteiger partial charge in [-0.3, -0.25) is 0 Å². The third-order valence-corrected chi connectivity index (χ3v) is 5.57. The number of nitrogens with one attached hydrogen (secondary N) is 2. The number of hydrogen-bond donors (Lipinski definition) is 4. The second-order valence-electron chi connectivity index (χ2n) is 8.95. The lowest BCUT2D eigenvalue weighted by molar-refractivity contribution is 0.0836. The molecule has 4 rings (SSSR count). The summed E-state index contributed by atoms with van der Waals surface area (Å²) in [6.07, 6.45) is 4.36. The van der Waals surface area contributed by atoms with Crippen molar-refractivity contribution < 1.29 is 9.50 Å². The van der Waals surface area contributed by atoms with Crippen LogP contribution in [0.25, 0.3) is 38.9 Å². The van der Waals surface area contributed by atoms with Gasteiger partial charge in [-0.1, -0.05) is 6.07 Å². The highest BCUT2D eigenvalue weighted by Gasteiger charge is 2.17. The van der Waals surface area contributed by atoms with E-state index in [1.165, 1.54) is 24.7 Å². The van der Waals surface area contributed by atoms with E-state index in [9.17, 15) is 9.50 Å². The van der Waals surface area contributed by atoms with Gasteiger partial charge in [-0.05, 0) is 68.8 Å². The van der Waals surface area contributed by atoms with Gasteiger partial charge in [0.2, 0.25) is 0 Å². The van der Waals surface area contributed by atoms with Crippen molar-refractivity contribution in [2.75, 3.05) is 12.3 Å². The van der Waals surface area contributed by atoms with Crippen molar-refractivity contribution in [3.05, 3.63) is 78.1 Å². The maximum Gasteiger partial charge on any atom is 0.132 e. The summed E-state index contributed by atoms with van der Waals surface area (Å²) in [5, 5.41) is 21.9. The summed E-state index contributed by atoms with van der Waals surface area (Å²) in [6, 6.07) is 13.8. The van der Waals surface area contributed by atoms with Gasteiger partial charge in [-0.15, -0.1) is 0 Å². The Balaban J connectivity index is 1.91. The number of nitrogen functional groups attached to an aromatic ring is 1. The molecule has 0 spiro atoms. The van der Waals surface area contributed by atoms with Gasteiger partial charge in [0.15, 0.2) is 0 Å². The normalized spacial score (nSPS) is 12.1. The topological polar surface area (TPSA) is 121 Å². The predicted octanol–water partition coefficient (Wildman–Crippen LogP) is 4.74. The van der Waals surface area contributed by atoms with Crippen LogP contribution in [-0.2, 0) is 0 Å². The third-order valence-electron chi connectivity index (χ3n) is 5.57. The number of halogens is 1. The molecule has 0 bridgehead atoms. The zero-order chi connectivity index (χ0) is 25.2. The Morgan fingerprint density at radius 3 is 2.51 bits per heavy atom. The molecule has 7 nitrogen and oxygen atoms in total. The number of anilines is 1. The van der Waals surface area contributed by atoms with E-state index in [0.717, 1.165) is 27.7 Å². The fraction of sp³-hybridized carbons (Fsp3) is 0.185. The Labute approximate surface area is 203 Å². The van der Waals surface area contributed by atoms with Crippen LogP contribution in [0.4, 0.5) is 10.2 Å². The fourth-order valence-electron chi connectivity index (χ4n) is 3.77. The molecule has 0 radical (unpaired) electrons. The second kappa shape index (κ2) is 9.60. The average Bonchev–Trinajstić information content (AvgIpc) is 2.82. The van der Waals surface area contributed by atoms with Crippen molar-refractivity contribution in [1.82, 2.24) is 20.3 Å². The Kier molecular flexibility index (Phi) is 6.57. The number of benzene rings is 2. The first-order valence-electron chi connectivity index (χ1n) is 11.1. The summed E-state index contributed by atoms with van der Waals surface area (Å²) in [5.74, 6) is -0.113. The van der Waals surface area contributed by atoms with Gasteiger partial charge >= 0.3 is 0 Å². The van der Waals surface area contributed by atoms with Crippen LogP contribution in [0.5, 0.6) is 0 Å². The molecule has 0 unspecified atom stereocenters. The molecule has 2 aromatic carbocycles. The van der Waals surface area contributed by atoms with Gasteiger partial charge in [-0.2, -0.15) is 0 Å². The van der Waals surface area contributed by atoms with E-state index in [-0.39, 0.29) is 11.6 Å². The molecule has 2 aromatic heterocycles. The molecule has 178 valence electrons. The average molecular weight is 471 g/mol. The number of allylic oxidation sites excluding steroid dienone is 1. The van der Waals surface area contributed by atoms with Gasteiger partial charge in [0, 0.05) is 52.3 Å². The molecule has 2 heterocycles. The van der Waals surface area contributed by atoms with Gasteiger partial charge < -0.3 is 21.6 Å². The first kappa shape index (κ1) is 24.0. The first-order valence-corrected chi connectivity index (χ1v) is 11.1. The van der Waals surface area contributed by atoms with Gasteiger partial charge in [0.25, 0.3) is 0 Å². The lowest BCUT2D eigenvalue weighted by atomic mass is 9.94. The minimum Gasteiger partial charge on any atom is -0.389 e. The van der Waals surface area contributed by atoms with Crippen molar-refractivity contribution in [3.63, 3.8) is 0 Å². The highest BCUT2D eigenvalue weighted by molar-refractivity contribution is 6.10. The van der Waals surface area contributed by atoms with Crippen LogP contribution in [0.2, 0.25) is 0 Å². The number of aliphatic hydroxyl groups is 1. The first-order chi connectivity index (χ1) is 16.7. The highest BCUT2D eigenvalue weighted by Crippen LogP contribution is 2.36. The Hall–Kier alpha value is -4.17. The molecule has 35 heavy (non-hydrogen) atoms. The van der Waals surface area contributed by atoms with Crippen LogP contribution in [-0.4, -0.2) is 38.4 Å². The van der Waals surface area contributed by atoms with Crippen molar-refractivity contribution in [3.8, 4) is 22.4 Å². The van der Waals surface area contributed by atoms with Crippen molar-refractivity contribution in [2.24, 2.45) is 0 Å². The molecule has 0 saturated heterocycles. The van der Waals surface area contributed by atoms with Crippen LogP contribution in [0, 0.1) is 18.2 Å². The largest absolute Gasteiger partial charge is 0.389 e. The van der Waals surface area contributed by atoms with Crippen LogP contribution in [0.3, 0.4) is 0 Å². The molecule has 0 aliphatic heterocycles. The van der Waals surface area contributed by atoms with Crippen LogP contribution < -0.4 is 11.1 Å². The van der Waals surface area contributed by atoms with E-state index in [4.69, 9.17) is 11.1 Å². The van der Waals surface area contributed by atoms with Gasteiger partial charge in [0.05, 0.1) is 16.8 Å². The summed E-state index contributed by atoms with van der Waals surface area (Å²) in [6.45, 7) is 5.59. The maximum absolute atomic E-state index is 13.6. The SMILES string of the molecule is Cc1ncnc2ccc(-c3cc(/C(C=N)=C/NCC(C)(C)O)c(N)nc3-c3ccc(F)cc3)cc12. The number of nitrogens with zero attached hydrogens (tertiary/aromatic N) is 3. The molecule has 0 atom stereocenters. The Morgan fingerprint density at radius 2 is 1.83 bits per heavy atom. The van der Waals surface area contributed by atoms with Gasteiger partial charge in [0.1, 0.15) is 18.0 Å². The maximum atomic E-state index is 13.6. The van der Waals surface area contributed by atoms with E-state index in [2.05, 4.69) is 20.3 Å². The second-order valence-corrected chi connectivity index (χ2v) is 8.95. The van der Waals surface area contributed by atoms with Gasteiger partial charge in [-0.25, -0.2) is 19.3 Å². The summed E-state index contributed by atoms with van der Waals surface area (Å²) >= 11 is 0. The molecule has 4 aromatic rings. The molecule has 0 aliphatic carbocycles. The minimum absolute atomic E-state index is 0.230. The number of aryl methyl sites for hydroxylation is 1. The molecule has 8 heteroatoms. The van der Waals surface area contributed by atoms with E-state index in [0.29, 0.717) is 28.9 Å². The molecule has 0 aliphatic rings. The molecule has 0 saturated carbocycles. The summed E-state index contributed by atoms with van der Waals surface area (Å²) in [4.78, 5) is 13.3. The van der Waals surface area contributed by atoms with Crippen LogP contribution in [0.1, 0.15) is 25.1 Å². The van der Waals surface area contributed by atoms with Crippen LogP contribution >= 0.6 is 0 Å². The summed E-state index contributed by atoms with van der Waals surface area (Å²) in [5.41, 5.74) is 11.1. The molecule has 5 N–H and O–H groups in total.